The average molecular weight is 701 g/mol. The van der Waals surface area contributed by atoms with Gasteiger partial charge in [0.05, 0.1) is 61.3 Å². The van der Waals surface area contributed by atoms with E-state index in [4.69, 9.17) is 0 Å². The number of hydrogen-bond donors (Lipinski definition) is 0. The van der Waals surface area contributed by atoms with Crippen molar-refractivity contribution < 1.29 is 0 Å². The third-order valence-electron chi connectivity index (χ3n) is 11.0. The molecule has 0 spiro atoms. The highest BCUT2D eigenvalue weighted by molar-refractivity contribution is 6.15. The number of hydrogen-bond acceptors (Lipinski definition) is 3. The van der Waals surface area contributed by atoms with Crippen LogP contribution in [0, 0.1) is 22.7 Å². The van der Waals surface area contributed by atoms with E-state index >= 15 is 0 Å². The van der Waals surface area contributed by atoms with Crippen LogP contribution in [-0.2, 0) is 0 Å². The Hall–Kier alpha value is -7.93. The highest BCUT2D eigenvalue weighted by atomic mass is 15.1. The lowest BCUT2D eigenvalue weighted by Gasteiger charge is -2.26. The molecule has 7 aromatic carbocycles. The molecule has 4 aromatic heterocycles. The average Bonchev–Trinajstić information content (AvgIpc) is 3.89. The summed E-state index contributed by atoms with van der Waals surface area (Å²) in [5, 5.41) is 29.7. The maximum absolute atomic E-state index is 11.6. The number of para-hydroxylation sites is 6. The van der Waals surface area contributed by atoms with Crippen molar-refractivity contribution in [2.75, 3.05) is 0 Å². The van der Waals surface area contributed by atoms with Crippen molar-refractivity contribution in [3.8, 4) is 40.3 Å². The molecule has 0 aliphatic carbocycles. The predicted molar refractivity (Wildman–Crippen MR) is 222 cm³/mol. The molecule has 0 fully saturated rings. The molecule has 0 bridgehead atoms. The van der Waals surface area contributed by atoms with Crippen molar-refractivity contribution >= 4 is 65.4 Å². The summed E-state index contributed by atoms with van der Waals surface area (Å²) < 4.78 is 6.75. The molecule has 0 saturated heterocycles. The summed E-state index contributed by atoms with van der Waals surface area (Å²) in [7, 11) is 0. The first kappa shape index (κ1) is 30.7. The van der Waals surface area contributed by atoms with E-state index < -0.39 is 0 Å². The SMILES string of the molecule is N#Cc1c(-c2cccnc2)c(C#N)c(-n2c3ccccc3c3ccccc32)c(-n2c3ccccc3c3ccccc32)c1-n1c2ccccc2c2ccccc21. The Morgan fingerprint density at radius 3 is 0.964 bits per heavy atom. The maximum atomic E-state index is 11.6. The van der Waals surface area contributed by atoms with Gasteiger partial charge in [-0.2, -0.15) is 10.5 Å². The number of nitriles is 2. The van der Waals surface area contributed by atoms with Gasteiger partial charge in [0.2, 0.25) is 0 Å². The van der Waals surface area contributed by atoms with Gasteiger partial charge in [-0.1, -0.05) is 115 Å². The van der Waals surface area contributed by atoms with E-state index in [0.717, 1.165) is 71.1 Å². The molecule has 0 atom stereocenters. The van der Waals surface area contributed by atoms with Crippen molar-refractivity contribution in [3.05, 3.63) is 181 Å². The van der Waals surface area contributed by atoms with Gasteiger partial charge in [-0.15, -0.1) is 0 Å². The summed E-state index contributed by atoms with van der Waals surface area (Å²) in [5.41, 5.74) is 9.85. The molecule has 11 aromatic rings. The fraction of sp³-hybridized carbons (Fsp3) is 0. The van der Waals surface area contributed by atoms with Crippen LogP contribution in [0.4, 0.5) is 0 Å². The van der Waals surface area contributed by atoms with Crippen LogP contribution in [0.2, 0.25) is 0 Å². The molecule has 6 nitrogen and oxygen atoms in total. The molecule has 6 heteroatoms. The molecule has 0 radical (unpaired) electrons. The molecule has 0 amide bonds. The lowest BCUT2D eigenvalue weighted by atomic mass is 9.91. The summed E-state index contributed by atoms with van der Waals surface area (Å²) >= 11 is 0. The number of benzene rings is 7. The summed E-state index contributed by atoms with van der Waals surface area (Å²) in [6, 6.07) is 59.4. The number of nitrogens with zero attached hydrogens (tertiary/aromatic N) is 6. The third-order valence-corrected chi connectivity index (χ3v) is 11.0. The molecule has 11 rings (SSSR count). The molecule has 0 unspecified atom stereocenters. The molecule has 254 valence electrons. The van der Waals surface area contributed by atoms with Crippen molar-refractivity contribution in [2.45, 2.75) is 0 Å². The summed E-state index contributed by atoms with van der Waals surface area (Å²) in [6.07, 6.45) is 3.47. The van der Waals surface area contributed by atoms with Gasteiger partial charge >= 0.3 is 0 Å². The van der Waals surface area contributed by atoms with Gasteiger partial charge in [0.25, 0.3) is 0 Å². The second kappa shape index (κ2) is 11.8. The highest BCUT2D eigenvalue weighted by Gasteiger charge is 2.33. The first-order valence-corrected chi connectivity index (χ1v) is 18.2. The van der Waals surface area contributed by atoms with E-state index in [1.54, 1.807) is 12.4 Å². The molecule has 55 heavy (non-hydrogen) atoms. The minimum Gasteiger partial charge on any atom is -0.306 e. The van der Waals surface area contributed by atoms with E-state index in [1.807, 2.05) is 36.4 Å². The van der Waals surface area contributed by atoms with E-state index in [1.165, 1.54) is 0 Å². The van der Waals surface area contributed by atoms with Crippen LogP contribution < -0.4 is 0 Å². The zero-order chi connectivity index (χ0) is 36.6. The Morgan fingerprint density at radius 1 is 0.364 bits per heavy atom. The van der Waals surface area contributed by atoms with E-state index in [2.05, 4.69) is 152 Å². The molecular formula is C49H28N6. The van der Waals surface area contributed by atoms with Crippen LogP contribution in [0.25, 0.3) is 93.6 Å². The van der Waals surface area contributed by atoms with Gasteiger partial charge in [-0.05, 0) is 42.5 Å². The van der Waals surface area contributed by atoms with Crippen LogP contribution in [-0.4, -0.2) is 18.7 Å². The van der Waals surface area contributed by atoms with Crippen LogP contribution in [0.3, 0.4) is 0 Å². The van der Waals surface area contributed by atoms with E-state index in [-0.39, 0.29) is 0 Å². The molecule has 0 aliphatic heterocycles. The first-order chi connectivity index (χ1) is 27.3. The zero-order valence-electron chi connectivity index (χ0n) is 29.3. The van der Waals surface area contributed by atoms with Crippen molar-refractivity contribution in [1.82, 2.24) is 18.7 Å². The Morgan fingerprint density at radius 2 is 0.673 bits per heavy atom. The van der Waals surface area contributed by atoms with Crippen molar-refractivity contribution in [3.63, 3.8) is 0 Å². The lowest BCUT2D eigenvalue weighted by molar-refractivity contribution is 1.04. The Kier molecular flexibility index (Phi) is 6.58. The Balaban J connectivity index is 1.51. The van der Waals surface area contributed by atoms with Crippen molar-refractivity contribution in [2.24, 2.45) is 0 Å². The van der Waals surface area contributed by atoms with E-state index in [0.29, 0.717) is 33.6 Å². The second-order valence-electron chi connectivity index (χ2n) is 13.7. The van der Waals surface area contributed by atoms with Crippen molar-refractivity contribution in [1.29, 1.82) is 10.5 Å². The predicted octanol–water partition coefficient (Wildman–Crippen LogP) is 11.8. The lowest BCUT2D eigenvalue weighted by Crippen LogP contribution is -2.14. The van der Waals surface area contributed by atoms with Gasteiger partial charge in [0.15, 0.2) is 0 Å². The quantitative estimate of drug-likeness (QED) is 0.183. The Bertz CT molecular complexity index is 3150. The largest absolute Gasteiger partial charge is 0.306 e. The van der Waals surface area contributed by atoms with Crippen LogP contribution in [0.1, 0.15) is 11.1 Å². The standard InChI is InChI=1S/C49H28N6/c50-28-38-46(31-14-13-27-52-30-31)39(29-51)48(54-42-23-9-3-17-34(42)35-18-4-10-24-43(35)54)49(55-44-25-11-5-19-36(44)37-20-6-12-26-45(37)55)47(38)53-40-21-7-1-15-32(40)33-16-2-8-22-41(33)53/h1-27,30H. The number of pyridine rings is 1. The fourth-order valence-corrected chi connectivity index (χ4v) is 8.87. The highest BCUT2D eigenvalue weighted by Crippen LogP contribution is 2.48. The van der Waals surface area contributed by atoms with Gasteiger partial charge < -0.3 is 13.7 Å². The third kappa shape index (κ3) is 4.19. The minimum atomic E-state index is 0.387. The normalized spacial score (nSPS) is 11.6. The maximum Gasteiger partial charge on any atom is 0.102 e. The van der Waals surface area contributed by atoms with Crippen LogP contribution in [0.15, 0.2) is 170 Å². The summed E-state index contributed by atoms with van der Waals surface area (Å²) in [4.78, 5) is 4.51. The zero-order valence-corrected chi connectivity index (χ0v) is 29.3. The first-order valence-electron chi connectivity index (χ1n) is 18.2. The van der Waals surface area contributed by atoms with Gasteiger partial charge in [-0.3, -0.25) is 4.98 Å². The topological polar surface area (TPSA) is 75.3 Å². The summed E-state index contributed by atoms with van der Waals surface area (Å²) in [6.45, 7) is 0. The minimum absolute atomic E-state index is 0.387. The Labute approximate surface area is 315 Å². The van der Waals surface area contributed by atoms with Crippen LogP contribution in [0.5, 0.6) is 0 Å². The monoisotopic (exact) mass is 700 g/mol. The van der Waals surface area contributed by atoms with Gasteiger partial charge in [0.1, 0.15) is 12.1 Å². The van der Waals surface area contributed by atoms with E-state index in [9.17, 15) is 10.5 Å². The number of fused-ring (bicyclic) bond motifs is 9. The number of aromatic nitrogens is 4. The summed E-state index contributed by atoms with van der Waals surface area (Å²) in [5.74, 6) is 0. The fourth-order valence-electron chi connectivity index (χ4n) is 8.87. The molecule has 0 N–H and O–H groups in total. The van der Waals surface area contributed by atoms with Crippen LogP contribution >= 0.6 is 0 Å². The molecule has 4 heterocycles. The second-order valence-corrected chi connectivity index (χ2v) is 13.7. The molecular weight excluding hydrogens is 673 g/mol. The molecule has 0 aliphatic rings. The van der Waals surface area contributed by atoms with Gasteiger partial charge in [-0.25, -0.2) is 0 Å². The van der Waals surface area contributed by atoms with Gasteiger partial charge in [0, 0.05) is 55.8 Å². The number of rotatable bonds is 4. The smallest absolute Gasteiger partial charge is 0.102 e. The molecule has 0 saturated carbocycles.